The van der Waals surface area contributed by atoms with Crippen LogP contribution in [0.25, 0.3) is 0 Å². The van der Waals surface area contributed by atoms with E-state index in [-0.39, 0.29) is 10.8 Å². The van der Waals surface area contributed by atoms with E-state index in [9.17, 15) is 13.2 Å². The third kappa shape index (κ3) is 6.01. The smallest absolute Gasteiger partial charge is 0.258 e. The van der Waals surface area contributed by atoms with Gasteiger partial charge >= 0.3 is 0 Å². The van der Waals surface area contributed by atoms with Crippen molar-refractivity contribution in [3.05, 3.63) is 65.2 Å². The Hall–Kier alpha value is -2.51. The molecule has 2 rings (SSSR count). The predicted molar refractivity (Wildman–Crippen MR) is 107 cm³/mol. The number of rotatable bonds is 7. The molecule has 0 unspecified atom stereocenters. The van der Waals surface area contributed by atoms with Crippen LogP contribution >= 0.6 is 0 Å². The van der Waals surface area contributed by atoms with Crippen LogP contribution in [0.1, 0.15) is 30.5 Å². The second kappa shape index (κ2) is 8.92. The minimum Gasteiger partial charge on any atom is -0.271 e. The molecule has 0 aliphatic carbocycles. The molecule has 0 heterocycles. The van der Waals surface area contributed by atoms with E-state index in [1.165, 1.54) is 18.3 Å². The number of amides is 1. The number of carbonyl (C=O) groups excluding carboxylic acids is 1. The van der Waals surface area contributed by atoms with Gasteiger partial charge in [0.05, 0.1) is 11.1 Å². The SMILES string of the molecule is Cc1ccc(/C=N\NC(=O)[C@@H](NS(=O)(=O)c2ccc(C)cc2)C(C)C)cc1. The molecule has 0 aliphatic heterocycles. The Morgan fingerprint density at radius 2 is 1.48 bits per heavy atom. The summed E-state index contributed by atoms with van der Waals surface area (Å²) in [5.41, 5.74) is 5.33. The highest BCUT2D eigenvalue weighted by atomic mass is 32.2. The lowest BCUT2D eigenvalue weighted by Crippen LogP contribution is -2.48. The summed E-state index contributed by atoms with van der Waals surface area (Å²) in [6.07, 6.45) is 1.52. The van der Waals surface area contributed by atoms with E-state index >= 15 is 0 Å². The molecule has 0 saturated carbocycles. The highest BCUT2D eigenvalue weighted by molar-refractivity contribution is 7.89. The number of sulfonamides is 1. The van der Waals surface area contributed by atoms with E-state index in [0.29, 0.717) is 0 Å². The summed E-state index contributed by atoms with van der Waals surface area (Å²) < 4.78 is 27.6. The van der Waals surface area contributed by atoms with Gasteiger partial charge in [-0.05, 0) is 37.5 Å². The van der Waals surface area contributed by atoms with Crippen LogP contribution in [0.2, 0.25) is 0 Å². The molecule has 2 aromatic rings. The first-order valence-corrected chi connectivity index (χ1v) is 10.2. The first kappa shape index (κ1) is 20.8. The number of nitrogens with zero attached hydrogens (tertiary/aromatic N) is 1. The molecule has 1 amide bonds. The second-order valence-corrected chi connectivity index (χ2v) is 8.51. The van der Waals surface area contributed by atoms with Crippen molar-refractivity contribution in [1.82, 2.24) is 10.1 Å². The van der Waals surface area contributed by atoms with Crippen molar-refractivity contribution in [2.24, 2.45) is 11.0 Å². The van der Waals surface area contributed by atoms with Crippen molar-refractivity contribution in [2.45, 2.75) is 38.6 Å². The molecular weight excluding hydrogens is 362 g/mol. The monoisotopic (exact) mass is 387 g/mol. The van der Waals surface area contributed by atoms with Crippen molar-refractivity contribution in [3.8, 4) is 0 Å². The zero-order valence-electron chi connectivity index (χ0n) is 15.9. The van der Waals surface area contributed by atoms with Crippen molar-refractivity contribution in [2.75, 3.05) is 0 Å². The lowest BCUT2D eigenvalue weighted by atomic mass is 10.1. The van der Waals surface area contributed by atoms with Gasteiger partial charge in [0, 0.05) is 0 Å². The summed E-state index contributed by atoms with van der Waals surface area (Å²) in [7, 11) is -3.81. The molecule has 0 spiro atoms. The number of aryl methyl sites for hydroxylation is 2. The molecule has 2 N–H and O–H groups in total. The average Bonchev–Trinajstić information content (AvgIpc) is 2.61. The Bertz CT molecular complexity index is 902. The van der Waals surface area contributed by atoms with Crippen LogP contribution in [0.5, 0.6) is 0 Å². The fourth-order valence-corrected chi connectivity index (χ4v) is 3.68. The molecule has 7 heteroatoms. The zero-order valence-corrected chi connectivity index (χ0v) is 16.7. The number of hydrogen-bond acceptors (Lipinski definition) is 4. The van der Waals surface area contributed by atoms with E-state index in [1.807, 2.05) is 38.1 Å². The fourth-order valence-electron chi connectivity index (χ4n) is 2.34. The van der Waals surface area contributed by atoms with E-state index < -0.39 is 22.0 Å². The first-order valence-electron chi connectivity index (χ1n) is 8.67. The molecule has 0 saturated heterocycles. The van der Waals surface area contributed by atoms with Gasteiger partial charge in [-0.1, -0.05) is 61.4 Å². The van der Waals surface area contributed by atoms with Gasteiger partial charge in [0.1, 0.15) is 6.04 Å². The standard InChI is InChI=1S/C20H25N3O3S/c1-14(2)19(23-27(25,26)18-11-7-16(4)8-12-18)20(24)22-21-13-17-9-5-15(3)6-10-17/h5-14,19,23H,1-4H3,(H,22,24)/b21-13-/t19-/m0/s1. The van der Waals surface area contributed by atoms with Crippen LogP contribution in [0.4, 0.5) is 0 Å². The van der Waals surface area contributed by atoms with Gasteiger partial charge in [-0.25, -0.2) is 13.8 Å². The maximum atomic E-state index is 12.6. The molecule has 0 bridgehead atoms. The van der Waals surface area contributed by atoms with Crippen molar-refractivity contribution >= 4 is 22.1 Å². The lowest BCUT2D eigenvalue weighted by Gasteiger charge is -2.20. The van der Waals surface area contributed by atoms with Crippen molar-refractivity contribution in [1.29, 1.82) is 0 Å². The quantitative estimate of drug-likeness (QED) is 0.566. The van der Waals surface area contributed by atoms with Crippen molar-refractivity contribution in [3.63, 3.8) is 0 Å². The van der Waals surface area contributed by atoms with Gasteiger partial charge in [-0.3, -0.25) is 4.79 Å². The Kier molecular flexibility index (Phi) is 6.87. The van der Waals surface area contributed by atoms with Gasteiger partial charge < -0.3 is 0 Å². The van der Waals surface area contributed by atoms with Crippen LogP contribution in [0, 0.1) is 19.8 Å². The summed E-state index contributed by atoms with van der Waals surface area (Å²) in [5, 5.41) is 3.93. The third-order valence-corrected chi connectivity index (χ3v) is 5.49. The molecule has 0 aromatic heterocycles. The van der Waals surface area contributed by atoms with Crippen molar-refractivity contribution < 1.29 is 13.2 Å². The number of hydrazone groups is 1. The second-order valence-electron chi connectivity index (χ2n) is 6.80. The summed E-state index contributed by atoms with van der Waals surface area (Å²) in [5.74, 6) is -0.760. The Morgan fingerprint density at radius 3 is 2.00 bits per heavy atom. The fraction of sp³-hybridized carbons (Fsp3) is 0.300. The van der Waals surface area contributed by atoms with Gasteiger partial charge in [0.25, 0.3) is 5.91 Å². The molecule has 0 aliphatic rings. The highest BCUT2D eigenvalue weighted by Gasteiger charge is 2.28. The van der Waals surface area contributed by atoms with Gasteiger partial charge in [-0.2, -0.15) is 9.82 Å². The average molecular weight is 388 g/mol. The molecule has 1 atom stereocenters. The highest BCUT2D eigenvalue weighted by Crippen LogP contribution is 2.13. The van der Waals surface area contributed by atoms with Crippen LogP contribution in [-0.4, -0.2) is 26.6 Å². The van der Waals surface area contributed by atoms with Crippen LogP contribution in [0.15, 0.2) is 58.5 Å². The molecule has 0 fully saturated rings. The maximum Gasteiger partial charge on any atom is 0.258 e. The Balaban J connectivity index is 2.08. The molecule has 144 valence electrons. The molecule has 6 nitrogen and oxygen atoms in total. The van der Waals surface area contributed by atoms with E-state index in [0.717, 1.165) is 16.7 Å². The van der Waals surface area contributed by atoms with E-state index in [2.05, 4.69) is 15.2 Å². The number of carbonyl (C=O) groups is 1. The normalized spacial score (nSPS) is 13.1. The van der Waals surface area contributed by atoms with Gasteiger partial charge in [-0.15, -0.1) is 0 Å². The maximum absolute atomic E-state index is 12.6. The number of nitrogens with one attached hydrogen (secondary N) is 2. The van der Waals surface area contributed by atoms with E-state index in [4.69, 9.17) is 0 Å². The largest absolute Gasteiger partial charge is 0.271 e. The molecular formula is C20H25N3O3S. The van der Waals surface area contributed by atoms with Crippen LogP contribution in [0.3, 0.4) is 0 Å². The van der Waals surface area contributed by atoms with Gasteiger partial charge in [0.15, 0.2) is 0 Å². The minimum absolute atomic E-state index is 0.120. The van der Waals surface area contributed by atoms with Crippen LogP contribution < -0.4 is 10.1 Å². The summed E-state index contributed by atoms with van der Waals surface area (Å²) in [4.78, 5) is 12.6. The molecule has 0 radical (unpaired) electrons. The molecule has 27 heavy (non-hydrogen) atoms. The third-order valence-electron chi connectivity index (χ3n) is 4.03. The topological polar surface area (TPSA) is 87.6 Å². The van der Waals surface area contributed by atoms with Gasteiger partial charge in [0.2, 0.25) is 10.0 Å². The molecule has 2 aromatic carbocycles. The summed E-state index contributed by atoms with van der Waals surface area (Å²) >= 11 is 0. The minimum atomic E-state index is -3.81. The Labute approximate surface area is 160 Å². The summed E-state index contributed by atoms with van der Waals surface area (Å²) in [6.45, 7) is 7.40. The Morgan fingerprint density at radius 1 is 0.963 bits per heavy atom. The van der Waals surface area contributed by atoms with E-state index in [1.54, 1.807) is 26.0 Å². The number of benzene rings is 2. The predicted octanol–water partition coefficient (Wildman–Crippen LogP) is 2.76. The zero-order chi connectivity index (χ0) is 20.0. The lowest BCUT2D eigenvalue weighted by molar-refractivity contribution is -0.123. The first-order chi connectivity index (χ1) is 12.7. The number of hydrogen-bond donors (Lipinski definition) is 2. The van der Waals surface area contributed by atoms with Crippen LogP contribution in [-0.2, 0) is 14.8 Å². The summed E-state index contributed by atoms with van der Waals surface area (Å²) in [6, 6.07) is 13.2.